The average molecular weight is 270 g/mol. The fourth-order valence-electron chi connectivity index (χ4n) is 2.78. The Bertz CT molecular complexity index is 515. The Labute approximate surface area is 120 Å². The molecule has 0 saturated carbocycles. The topological polar surface area (TPSA) is 33.1 Å². The van der Waals surface area contributed by atoms with Gasteiger partial charge in [0.2, 0.25) is 0 Å². The maximum absolute atomic E-state index is 4.21. The highest BCUT2D eigenvalue weighted by atomic mass is 15.3. The lowest BCUT2D eigenvalue weighted by Crippen LogP contribution is -2.23. The zero-order chi connectivity index (χ0) is 13.6. The second-order valence-electron chi connectivity index (χ2n) is 5.27. The van der Waals surface area contributed by atoms with Crippen LogP contribution in [0.3, 0.4) is 0 Å². The molecule has 20 heavy (non-hydrogen) atoms. The number of rotatable bonds is 6. The van der Waals surface area contributed by atoms with E-state index in [0.29, 0.717) is 0 Å². The molecule has 0 spiro atoms. The Kier molecular flexibility index (Phi) is 4.33. The first-order chi connectivity index (χ1) is 9.93. The largest absolute Gasteiger partial charge is 0.371 e. The lowest BCUT2D eigenvalue weighted by atomic mass is 10.1. The first-order valence-electron chi connectivity index (χ1n) is 7.44. The molecular weight excluding hydrogens is 248 g/mol. The summed E-state index contributed by atoms with van der Waals surface area (Å²) < 4.78 is 1.96. The van der Waals surface area contributed by atoms with Crippen molar-refractivity contribution in [2.24, 2.45) is 0 Å². The third kappa shape index (κ3) is 3.20. The van der Waals surface area contributed by atoms with E-state index in [2.05, 4.69) is 39.6 Å². The number of nitrogens with zero attached hydrogens (tertiary/aromatic N) is 3. The molecule has 0 radical (unpaired) electrons. The van der Waals surface area contributed by atoms with Crippen molar-refractivity contribution in [3.8, 4) is 0 Å². The number of aromatic nitrogens is 2. The second kappa shape index (κ2) is 6.57. The fraction of sp³-hybridized carbons (Fsp3) is 0.438. The van der Waals surface area contributed by atoms with Gasteiger partial charge in [-0.25, -0.2) is 0 Å². The standard InChI is InChI=1S/C16H22N4/c1-2-7-16(19-10-3-4-11-19)15(6-1)14-17-9-13-20-12-5-8-18-20/h1-2,5-8,12,17H,3-4,9-11,13-14H2. The molecule has 1 aromatic carbocycles. The van der Waals surface area contributed by atoms with Crippen molar-refractivity contribution in [1.29, 1.82) is 0 Å². The molecule has 0 aliphatic carbocycles. The van der Waals surface area contributed by atoms with E-state index in [1.54, 1.807) is 0 Å². The van der Waals surface area contributed by atoms with Crippen molar-refractivity contribution >= 4 is 5.69 Å². The molecule has 0 unspecified atom stereocenters. The molecule has 4 heteroatoms. The molecule has 1 aromatic heterocycles. The summed E-state index contributed by atoms with van der Waals surface area (Å²) in [6, 6.07) is 10.7. The molecule has 0 amide bonds. The van der Waals surface area contributed by atoms with Gasteiger partial charge in [0.1, 0.15) is 0 Å². The van der Waals surface area contributed by atoms with Crippen LogP contribution in [0.1, 0.15) is 18.4 Å². The number of nitrogens with one attached hydrogen (secondary N) is 1. The van der Waals surface area contributed by atoms with Crippen molar-refractivity contribution in [3.63, 3.8) is 0 Å². The van der Waals surface area contributed by atoms with E-state index in [-0.39, 0.29) is 0 Å². The molecule has 1 N–H and O–H groups in total. The summed E-state index contributed by atoms with van der Waals surface area (Å²) in [5.74, 6) is 0. The van der Waals surface area contributed by atoms with E-state index in [4.69, 9.17) is 0 Å². The van der Waals surface area contributed by atoms with Crippen LogP contribution < -0.4 is 10.2 Å². The van der Waals surface area contributed by atoms with Crippen molar-refractivity contribution in [2.75, 3.05) is 24.5 Å². The Morgan fingerprint density at radius 1 is 1.10 bits per heavy atom. The highest BCUT2D eigenvalue weighted by molar-refractivity contribution is 5.54. The van der Waals surface area contributed by atoms with Gasteiger partial charge in [-0.1, -0.05) is 18.2 Å². The lowest BCUT2D eigenvalue weighted by Gasteiger charge is -2.21. The Hall–Kier alpha value is -1.81. The van der Waals surface area contributed by atoms with Crippen LogP contribution in [0.5, 0.6) is 0 Å². The van der Waals surface area contributed by atoms with Crippen molar-refractivity contribution in [3.05, 3.63) is 48.3 Å². The molecule has 0 bridgehead atoms. The van der Waals surface area contributed by atoms with E-state index in [9.17, 15) is 0 Å². The normalized spacial score (nSPS) is 14.9. The average Bonchev–Trinajstić information content (AvgIpc) is 3.17. The van der Waals surface area contributed by atoms with Gasteiger partial charge in [0.05, 0.1) is 6.54 Å². The van der Waals surface area contributed by atoms with E-state index >= 15 is 0 Å². The van der Waals surface area contributed by atoms with Crippen LogP contribution in [-0.2, 0) is 13.1 Å². The Morgan fingerprint density at radius 2 is 1.95 bits per heavy atom. The van der Waals surface area contributed by atoms with Gasteiger partial charge >= 0.3 is 0 Å². The third-order valence-electron chi connectivity index (χ3n) is 3.83. The summed E-state index contributed by atoms with van der Waals surface area (Å²) in [4.78, 5) is 2.50. The highest BCUT2D eigenvalue weighted by Gasteiger charge is 2.14. The van der Waals surface area contributed by atoms with E-state index < -0.39 is 0 Å². The maximum Gasteiger partial charge on any atom is 0.0534 e. The summed E-state index contributed by atoms with van der Waals surface area (Å²) in [5, 5.41) is 7.73. The van der Waals surface area contributed by atoms with Crippen LogP contribution >= 0.6 is 0 Å². The molecule has 3 rings (SSSR count). The van der Waals surface area contributed by atoms with Crippen molar-refractivity contribution in [1.82, 2.24) is 15.1 Å². The summed E-state index contributed by atoms with van der Waals surface area (Å²) in [6.07, 6.45) is 6.46. The van der Waals surface area contributed by atoms with E-state index in [0.717, 1.165) is 19.6 Å². The predicted octanol–water partition coefficient (Wildman–Crippen LogP) is 2.27. The predicted molar refractivity (Wildman–Crippen MR) is 81.8 cm³/mol. The van der Waals surface area contributed by atoms with Gasteiger partial charge < -0.3 is 10.2 Å². The fourth-order valence-corrected chi connectivity index (χ4v) is 2.78. The lowest BCUT2D eigenvalue weighted by molar-refractivity contribution is 0.554. The van der Waals surface area contributed by atoms with Gasteiger partial charge in [0.25, 0.3) is 0 Å². The highest BCUT2D eigenvalue weighted by Crippen LogP contribution is 2.24. The number of hydrogen-bond acceptors (Lipinski definition) is 3. The van der Waals surface area contributed by atoms with E-state index in [1.807, 2.05) is 23.1 Å². The number of hydrogen-bond donors (Lipinski definition) is 1. The first-order valence-corrected chi connectivity index (χ1v) is 7.44. The zero-order valence-corrected chi connectivity index (χ0v) is 11.8. The third-order valence-corrected chi connectivity index (χ3v) is 3.83. The molecule has 2 heterocycles. The number of para-hydroxylation sites is 1. The summed E-state index contributed by atoms with van der Waals surface area (Å²) in [5.41, 5.74) is 2.80. The summed E-state index contributed by atoms with van der Waals surface area (Å²) in [7, 11) is 0. The van der Waals surface area contributed by atoms with Gasteiger partial charge in [-0.2, -0.15) is 5.10 Å². The van der Waals surface area contributed by atoms with Crippen molar-refractivity contribution in [2.45, 2.75) is 25.9 Å². The van der Waals surface area contributed by atoms with Crippen LogP contribution in [0.2, 0.25) is 0 Å². The van der Waals surface area contributed by atoms with Crippen LogP contribution in [-0.4, -0.2) is 29.4 Å². The van der Waals surface area contributed by atoms with Crippen LogP contribution in [0.15, 0.2) is 42.7 Å². The molecule has 4 nitrogen and oxygen atoms in total. The maximum atomic E-state index is 4.21. The minimum absolute atomic E-state index is 0.916. The van der Waals surface area contributed by atoms with Gasteiger partial charge in [0.15, 0.2) is 0 Å². The summed E-state index contributed by atoms with van der Waals surface area (Å²) in [6.45, 7) is 5.18. The summed E-state index contributed by atoms with van der Waals surface area (Å²) >= 11 is 0. The smallest absolute Gasteiger partial charge is 0.0534 e. The molecule has 106 valence electrons. The van der Waals surface area contributed by atoms with Crippen LogP contribution in [0.25, 0.3) is 0 Å². The van der Waals surface area contributed by atoms with Gasteiger partial charge in [-0.05, 0) is 30.5 Å². The number of benzene rings is 1. The minimum atomic E-state index is 0.916. The molecule has 1 aliphatic heterocycles. The molecule has 1 saturated heterocycles. The monoisotopic (exact) mass is 270 g/mol. The molecular formula is C16H22N4. The van der Waals surface area contributed by atoms with Gasteiger partial charge in [0, 0.05) is 44.3 Å². The Balaban J connectivity index is 1.54. The van der Waals surface area contributed by atoms with E-state index in [1.165, 1.54) is 37.2 Å². The SMILES string of the molecule is c1ccc(N2CCCC2)c(CNCCn2cccn2)c1. The zero-order valence-electron chi connectivity index (χ0n) is 11.8. The Morgan fingerprint density at radius 3 is 2.75 bits per heavy atom. The van der Waals surface area contributed by atoms with Crippen LogP contribution in [0.4, 0.5) is 5.69 Å². The molecule has 1 aliphatic rings. The second-order valence-corrected chi connectivity index (χ2v) is 5.27. The quantitative estimate of drug-likeness (QED) is 0.818. The van der Waals surface area contributed by atoms with Crippen molar-refractivity contribution < 1.29 is 0 Å². The number of anilines is 1. The molecule has 0 atom stereocenters. The minimum Gasteiger partial charge on any atom is -0.371 e. The van der Waals surface area contributed by atoms with Gasteiger partial charge in [-0.3, -0.25) is 4.68 Å². The first kappa shape index (κ1) is 13.2. The van der Waals surface area contributed by atoms with Crippen LogP contribution in [0, 0.1) is 0 Å². The molecule has 1 fully saturated rings. The van der Waals surface area contributed by atoms with Gasteiger partial charge in [-0.15, -0.1) is 0 Å². The molecule has 2 aromatic rings.